The minimum absolute atomic E-state index is 0.0541. The van der Waals surface area contributed by atoms with E-state index in [1.165, 1.54) is 20.5 Å². The van der Waals surface area contributed by atoms with E-state index in [4.69, 9.17) is 0 Å². The number of aromatic nitrogens is 2. The van der Waals surface area contributed by atoms with Crippen molar-refractivity contribution < 1.29 is 4.79 Å². The normalized spacial score (nSPS) is 17.1. The van der Waals surface area contributed by atoms with E-state index >= 15 is 0 Å². The van der Waals surface area contributed by atoms with E-state index in [-0.39, 0.29) is 24.1 Å². The molecule has 1 unspecified atom stereocenters. The Morgan fingerprint density at radius 1 is 1.14 bits per heavy atom. The summed E-state index contributed by atoms with van der Waals surface area (Å²) < 4.78 is 3.14. The van der Waals surface area contributed by atoms with Crippen molar-refractivity contribution in [3.05, 3.63) is 61.6 Å². The van der Waals surface area contributed by atoms with Crippen molar-refractivity contribution in [1.29, 1.82) is 0 Å². The third-order valence-electron chi connectivity index (χ3n) is 5.64. The summed E-state index contributed by atoms with van der Waals surface area (Å²) in [6, 6.07) is 7.58. The van der Waals surface area contributed by atoms with Crippen LogP contribution in [0.2, 0.25) is 0 Å². The molecule has 3 heterocycles. The Labute approximate surface area is 173 Å². The van der Waals surface area contributed by atoms with Crippen molar-refractivity contribution in [3.63, 3.8) is 0 Å². The molecule has 0 aliphatic carbocycles. The summed E-state index contributed by atoms with van der Waals surface area (Å²) >= 11 is 1.30. The third-order valence-corrected chi connectivity index (χ3v) is 6.53. The highest BCUT2D eigenvalue weighted by Gasteiger charge is 2.25. The number of nitrogens with zero attached hydrogens (tertiary/aromatic N) is 3. The van der Waals surface area contributed by atoms with Gasteiger partial charge >= 0.3 is 5.69 Å². The van der Waals surface area contributed by atoms with Gasteiger partial charge in [0.15, 0.2) is 0 Å². The van der Waals surface area contributed by atoms with E-state index < -0.39 is 5.69 Å². The van der Waals surface area contributed by atoms with Crippen molar-refractivity contribution >= 4 is 27.5 Å². The molecular formula is C22H25N3O3S. The number of carbonyl (C=O) groups excluding carboxylic acids is 1. The second kappa shape index (κ2) is 7.63. The van der Waals surface area contributed by atoms with E-state index in [2.05, 4.69) is 6.92 Å². The van der Waals surface area contributed by atoms with Crippen molar-refractivity contribution in [2.45, 2.75) is 52.6 Å². The van der Waals surface area contributed by atoms with Crippen molar-refractivity contribution in [3.8, 4) is 5.69 Å². The van der Waals surface area contributed by atoms with Gasteiger partial charge in [-0.25, -0.2) is 9.36 Å². The zero-order valence-corrected chi connectivity index (χ0v) is 17.8. The molecule has 1 aliphatic heterocycles. The second-order valence-electron chi connectivity index (χ2n) is 7.92. The van der Waals surface area contributed by atoms with E-state index in [0.29, 0.717) is 15.9 Å². The van der Waals surface area contributed by atoms with Crippen LogP contribution in [0.3, 0.4) is 0 Å². The number of hydrogen-bond donors (Lipinski definition) is 0. The lowest BCUT2D eigenvalue weighted by Crippen LogP contribution is -2.46. The number of likely N-dealkylation sites (tertiary alicyclic amines) is 1. The first-order valence-corrected chi connectivity index (χ1v) is 10.9. The zero-order chi connectivity index (χ0) is 20.7. The molecule has 1 atom stereocenters. The van der Waals surface area contributed by atoms with Crippen LogP contribution in [-0.4, -0.2) is 32.5 Å². The third kappa shape index (κ3) is 3.55. The van der Waals surface area contributed by atoms with Crippen LogP contribution in [0.25, 0.3) is 15.9 Å². The topological polar surface area (TPSA) is 64.3 Å². The van der Waals surface area contributed by atoms with Gasteiger partial charge in [0, 0.05) is 12.6 Å². The minimum atomic E-state index is -0.469. The molecule has 1 aromatic carbocycles. The molecule has 1 fully saturated rings. The van der Waals surface area contributed by atoms with Crippen LogP contribution < -0.4 is 11.2 Å². The van der Waals surface area contributed by atoms with E-state index in [0.717, 1.165) is 36.9 Å². The number of carbonyl (C=O) groups is 1. The fraction of sp³-hybridized carbons (Fsp3) is 0.409. The fourth-order valence-corrected chi connectivity index (χ4v) is 5.07. The number of benzene rings is 1. The smallest absolute Gasteiger partial charge is 0.336 e. The molecule has 152 valence electrons. The Kier molecular flexibility index (Phi) is 5.17. The highest BCUT2D eigenvalue weighted by Crippen LogP contribution is 2.20. The van der Waals surface area contributed by atoms with Gasteiger partial charge in [0.1, 0.15) is 11.2 Å². The highest BCUT2D eigenvalue weighted by molar-refractivity contribution is 7.17. The maximum Gasteiger partial charge on any atom is 0.336 e. The predicted octanol–water partition coefficient (Wildman–Crippen LogP) is 3.23. The quantitative estimate of drug-likeness (QED) is 0.665. The maximum atomic E-state index is 13.4. The van der Waals surface area contributed by atoms with Gasteiger partial charge in [-0.05, 0) is 74.7 Å². The van der Waals surface area contributed by atoms with Gasteiger partial charge in [-0.15, -0.1) is 11.3 Å². The summed E-state index contributed by atoms with van der Waals surface area (Å²) in [5, 5.41) is 1.79. The molecule has 0 N–H and O–H groups in total. The SMILES string of the molecule is Cc1cc(C)cc(-n2c(=O)c3sccc3n(CC(=O)N3CCCCC3C)c2=O)c1. The number of piperidine rings is 1. The molecule has 0 saturated carbocycles. The molecule has 6 nitrogen and oxygen atoms in total. The first-order valence-electron chi connectivity index (χ1n) is 9.98. The van der Waals surface area contributed by atoms with Gasteiger partial charge in [-0.3, -0.25) is 14.2 Å². The number of rotatable bonds is 3. The average molecular weight is 412 g/mol. The van der Waals surface area contributed by atoms with Crippen LogP contribution in [0, 0.1) is 13.8 Å². The summed E-state index contributed by atoms with van der Waals surface area (Å²) in [6.07, 6.45) is 3.09. The number of amides is 1. The Bertz CT molecular complexity index is 1180. The van der Waals surface area contributed by atoms with Gasteiger partial charge in [-0.1, -0.05) is 6.07 Å². The second-order valence-corrected chi connectivity index (χ2v) is 8.84. The number of thiophene rings is 1. The molecule has 2 aromatic heterocycles. The maximum absolute atomic E-state index is 13.4. The molecule has 4 rings (SSSR count). The lowest BCUT2D eigenvalue weighted by Gasteiger charge is -2.33. The molecule has 3 aromatic rings. The van der Waals surface area contributed by atoms with Gasteiger partial charge in [0.2, 0.25) is 5.91 Å². The highest BCUT2D eigenvalue weighted by atomic mass is 32.1. The van der Waals surface area contributed by atoms with Gasteiger partial charge < -0.3 is 4.90 Å². The minimum Gasteiger partial charge on any atom is -0.338 e. The predicted molar refractivity (Wildman–Crippen MR) is 116 cm³/mol. The van der Waals surface area contributed by atoms with Crippen molar-refractivity contribution in [2.24, 2.45) is 0 Å². The van der Waals surface area contributed by atoms with Crippen LogP contribution in [0.5, 0.6) is 0 Å². The largest absolute Gasteiger partial charge is 0.338 e. The summed E-state index contributed by atoms with van der Waals surface area (Å²) in [5.41, 5.74) is 2.22. The molecule has 0 radical (unpaired) electrons. The molecular weight excluding hydrogens is 386 g/mol. The summed E-state index contributed by atoms with van der Waals surface area (Å²) in [7, 11) is 0. The molecule has 29 heavy (non-hydrogen) atoms. The Hall–Kier alpha value is -2.67. The van der Waals surface area contributed by atoms with E-state index in [1.54, 1.807) is 11.4 Å². The van der Waals surface area contributed by atoms with Crippen molar-refractivity contribution in [1.82, 2.24) is 14.0 Å². The van der Waals surface area contributed by atoms with Crippen LogP contribution in [-0.2, 0) is 11.3 Å². The van der Waals surface area contributed by atoms with E-state index in [1.807, 2.05) is 36.9 Å². The average Bonchev–Trinajstić information content (AvgIpc) is 3.15. The first-order chi connectivity index (χ1) is 13.9. The van der Waals surface area contributed by atoms with Crippen LogP contribution >= 0.6 is 11.3 Å². The number of aryl methyl sites for hydroxylation is 2. The fourth-order valence-electron chi connectivity index (χ4n) is 4.24. The van der Waals surface area contributed by atoms with Crippen LogP contribution in [0.4, 0.5) is 0 Å². The molecule has 7 heteroatoms. The zero-order valence-electron chi connectivity index (χ0n) is 17.0. The molecule has 1 aliphatic rings. The first kappa shape index (κ1) is 19.6. The lowest BCUT2D eigenvalue weighted by molar-refractivity contribution is -0.135. The summed E-state index contributed by atoms with van der Waals surface area (Å²) in [4.78, 5) is 41.4. The molecule has 1 saturated heterocycles. The van der Waals surface area contributed by atoms with Crippen molar-refractivity contribution in [2.75, 3.05) is 6.54 Å². The molecule has 0 bridgehead atoms. The Morgan fingerprint density at radius 3 is 2.55 bits per heavy atom. The monoisotopic (exact) mass is 411 g/mol. The number of hydrogen-bond acceptors (Lipinski definition) is 4. The van der Waals surface area contributed by atoms with Gasteiger partial charge in [0.05, 0.1) is 11.2 Å². The van der Waals surface area contributed by atoms with Crippen LogP contribution in [0.1, 0.15) is 37.3 Å². The summed E-state index contributed by atoms with van der Waals surface area (Å²) in [5.74, 6) is -0.0718. The standard InChI is InChI=1S/C22H25N3O3S/c1-14-10-15(2)12-17(11-14)25-21(27)20-18(7-9-29-20)24(22(25)28)13-19(26)23-8-5-4-6-16(23)3/h7,9-12,16H,4-6,8,13H2,1-3H3. The number of fused-ring (bicyclic) bond motifs is 1. The molecule has 0 spiro atoms. The Balaban J connectivity index is 1.86. The van der Waals surface area contributed by atoms with Crippen LogP contribution in [0.15, 0.2) is 39.2 Å². The molecule has 1 amide bonds. The van der Waals surface area contributed by atoms with Gasteiger partial charge in [0.25, 0.3) is 5.56 Å². The lowest BCUT2D eigenvalue weighted by atomic mass is 10.0. The summed E-state index contributed by atoms with van der Waals surface area (Å²) in [6.45, 7) is 6.59. The van der Waals surface area contributed by atoms with Gasteiger partial charge in [-0.2, -0.15) is 0 Å². The Morgan fingerprint density at radius 2 is 1.86 bits per heavy atom. The van der Waals surface area contributed by atoms with E-state index in [9.17, 15) is 14.4 Å².